The number of carbonyl (C=O) groups excluding carboxylic acids is 1. The SMILES string of the molecule is CCOC(=O)C1=C(C)N=c2s/c(=C\c3ccc(OCC)c(OC)c3)c(=O)n2[C@@H]1c1ccc(OC(C)C)cc1. The van der Waals surface area contributed by atoms with Crippen LogP contribution in [0.1, 0.15) is 51.8 Å². The summed E-state index contributed by atoms with van der Waals surface area (Å²) in [5.41, 5.74) is 2.15. The molecule has 38 heavy (non-hydrogen) atoms. The van der Waals surface area contributed by atoms with Crippen molar-refractivity contribution in [2.45, 2.75) is 46.8 Å². The van der Waals surface area contributed by atoms with Gasteiger partial charge in [-0.3, -0.25) is 9.36 Å². The fraction of sp³-hybridized carbons (Fsp3) is 0.345. The van der Waals surface area contributed by atoms with Crippen LogP contribution in [-0.4, -0.2) is 37.0 Å². The highest BCUT2D eigenvalue weighted by Crippen LogP contribution is 2.32. The Morgan fingerprint density at radius 3 is 2.47 bits per heavy atom. The van der Waals surface area contributed by atoms with Crippen LogP contribution in [0.4, 0.5) is 0 Å². The van der Waals surface area contributed by atoms with Crippen molar-refractivity contribution in [1.82, 2.24) is 4.57 Å². The lowest BCUT2D eigenvalue weighted by molar-refractivity contribution is -0.139. The van der Waals surface area contributed by atoms with Crippen molar-refractivity contribution in [3.05, 3.63) is 84.5 Å². The van der Waals surface area contributed by atoms with Gasteiger partial charge in [-0.15, -0.1) is 0 Å². The zero-order chi connectivity index (χ0) is 27.4. The molecule has 0 aliphatic carbocycles. The maximum Gasteiger partial charge on any atom is 0.338 e. The van der Waals surface area contributed by atoms with Gasteiger partial charge in [0, 0.05) is 0 Å². The van der Waals surface area contributed by atoms with Gasteiger partial charge in [0.05, 0.1) is 48.3 Å². The zero-order valence-corrected chi connectivity index (χ0v) is 23.3. The van der Waals surface area contributed by atoms with E-state index >= 15 is 0 Å². The molecule has 0 saturated carbocycles. The quantitative estimate of drug-likeness (QED) is 0.384. The highest BCUT2D eigenvalue weighted by atomic mass is 32.1. The summed E-state index contributed by atoms with van der Waals surface area (Å²) in [4.78, 5) is 32.0. The number of allylic oxidation sites excluding steroid dienone is 1. The molecule has 4 rings (SSSR count). The first kappa shape index (κ1) is 27.2. The fourth-order valence-electron chi connectivity index (χ4n) is 4.31. The lowest BCUT2D eigenvalue weighted by Crippen LogP contribution is -2.39. The predicted molar refractivity (Wildman–Crippen MR) is 147 cm³/mol. The molecule has 200 valence electrons. The maximum atomic E-state index is 13.8. The molecule has 0 N–H and O–H groups in total. The van der Waals surface area contributed by atoms with Crippen LogP contribution in [0, 0.1) is 0 Å². The van der Waals surface area contributed by atoms with E-state index in [2.05, 4.69) is 4.99 Å². The van der Waals surface area contributed by atoms with Gasteiger partial charge in [-0.1, -0.05) is 29.5 Å². The van der Waals surface area contributed by atoms with Crippen LogP contribution in [-0.2, 0) is 9.53 Å². The molecule has 1 aliphatic heterocycles. The van der Waals surface area contributed by atoms with Crippen LogP contribution >= 0.6 is 11.3 Å². The number of thiazole rings is 1. The molecule has 0 saturated heterocycles. The van der Waals surface area contributed by atoms with E-state index in [1.54, 1.807) is 31.6 Å². The Hall–Kier alpha value is -3.85. The summed E-state index contributed by atoms with van der Waals surface area (Å²) >= 11 is 1.27. The van der Waals surface area contributed by atoms with Crippen LogP contribution < -0.4 is 29.1 Å². The van der Waals surface area contributed by atoms with Crippen molar-refractivity contribution in [3.63, 3.8) is 0 Å². The molecule has 1 atom stereocenters. The highest BCUT2D eigenvalue weighted by Gasteiger charge is 2.33. The van der Waals surface area contributed by atoms with Gasteiger partial charge in [0.1, 0.15) is 5.75 Å². The molecule has 1 aliphatic rings. The van der Waals surface area contributed by atoms with Gasteiger partial charge in [-0.25, -0.2) is 9.79 Å². The van der Waals surface area contributed by atoms with Gasteiger partial charge < -0.3 is 18.9 Å². The molecule has 0 spiro atoms. The third kappa shape index (κ3) is 5.52. The van der Waals surface area contributed by atoms with Crippen LogP contribution in [0.25, 0.3) is 6.08 Å². The topological polar surface area (TPSA) is 88.4 Å². The summed E-state index contributed by atoms with van der Waals surface area (Å²) in [5.74, 6) is 1.43. The normalized spacial score (nSPS) is 15.2. The number of ether oxygens (including phenoxy) is 4. The van der Waals surface area contributed by atoms with Crippen molar-refractivity contribution >= 4 is 23.4 Å². The molecule has 3 aromatic rings. The van der Waals surface area contributed by atoms with E-state index < -0.39 is 12.0 Å². The summed E-state index contributed by atoms with van der Waals surface area (Å²) in [6.07, 6.45) is 1.82. The summed E-state index contributed by atoms with van der Waals surface area (Å²) in [5, 5.41) is 0. The molecule has 0 fully saturated rings. The number of esters is 1. The average Bonchev–Trinajstić information content (AvgIpc) is 3.18. The molecule has 0 bridgehead atoms. The fourth-order valence-corrected chi connectivity index (χ4v) is 5.35. The van der Waals surface area contributed by atoms with Crippen LogP contribution in [0.2, 0.25) is 0 Å². The zero-order valence-electron chi connectivity index (χ0n) is 22.4. The van der Waals surface area contributed by atoms with Gasteiger partial charge in [0.25, 0.3) is 5.56 Å². The third-order valence-corrected chi connectivity index (χ3v) is 6.85. The Morgan fingerprint density at radius 1 is 1.11 bits per heavy atom. The largest absolute Gasteiger partial charge is 0.493 e. The molecular weight excluding hydrogens is 504 g/mol. The second kappa shape index (κ2) is 11.7. The molecule has 9 heteroatoms. The summed E-state index contributed by atoms with van der Waals surface area (Å²) in [6.45, 7) is 10.1. The van der Waals surface area contributed by atoms with Gasteiger partial charge in [0.15, 0.2) is 16.3 Å². The number of rotatable bonds is 9. The molecule has 0 amide bonds. The second-order valence-electron chi connectivity index (χ2n) is 8.88. The Morgan fingerprint density at radius 2 is 1.84 bits per heavy atom. The third-order valence-electron chi connectivity index (χ3n) is 5.87. The molecule has 1 aromatic heterocycles. The Balaban J connectivity index is 1.86. The monoisotopic (exact) mass is 536 g/mol. The summed E-state index contributed by atoms with van der Waals surface area (Å²) in [6, 6.07) is 12.2. The molecule has 0 unspecified atom stereocenters. The lowest BCUT2D eigenvalue weighted by Gasteiger charge is -2.25. The van der Waals surface area contributed by atoms with Crippen molar-refractivity contribution in [2.75, 3.05) is 20.3 Å². The first-order valence-electron chi connectivity index (χ1n) is 12.5. The van der Waals surface area contributed by atoms with Crippen molar-refractivity contribution in [2.24, 2.45) is 4.99 Å². The second-order valence-corrected chi connectivity index (χ2v) is 9.89. The van der Waals surface area contributed by atoms with E-state index in [1.807, 2.05) is 63.2 Å². The minimum Gasteiger partial charge on any atom is -0.493 e. The number of methoxy groups -OCH3 is 1. The van der Waals surface area contributed by atoms with E-state index in [-0.39, 0.29) is 18.3 Å². The number of hydrogen-bond acceptors (Lipinski definition) is 8. The Kier molecular flexibility index (Phi) is 8.36. The Bertz CT molecular complexity index is 1530. The van der Waals surface area contributed by atoms with Gasteiger partial charge >= 0.3 is 5.97 Å². The minimum atomic E-state index is -0.685. The van der Waals surface area contributed by atoms with E-state index in [4.69, 9.17) is 18.9 Å². The van der Waals surface area contributed by atoms with E-state index in [0.29, 0.717) is 44.5 Å². The minimum absolute atomic E-state index is 0.0250. The summed E-state index contributed by atoms with van der Waals surface area (Å²) in [7, 11) is 1.58. The van der Waals surface area contributed by atoms with Gasteiger partial charge in [0.2, 0.25) is 0 Å². The smallest absolute Gasteiger partial charge is 0.338 e. The first-order chi connectivity index (χ1) is 18.3. The predicted octanol–water partition coefficient (Wildman–Crippen LogP) is 3.99. The number of aromatic nitrogens is 1. The number of nitrogens with zero attached hydrogens (tertiary/aromatic N) is 2. The van der Waals surface area contributed by atoms with E-state index in [9.17, 15) is 9.59 Å². The molecule has 8 nitrogen and oxygen atoms in total. The van der Waals surface area contributed by atoms with Crippen LogP contribution in [0.5, 0.6) is 17.2 Å². The van der Waals surface area contributed by atoms with Crippen molar-refractivity contribution < 1.29 is 23.7 Å². The van der Waals surface area contributed by atoms with E-state index in [1.165, 1.54) is 11.3 Å². The standard InChI is InChI=1S/C29H32N2O6S/c1-7-35-22-14-9-19(15-23(22)34-6)16-24-27(32)31-26(20-10-12-21(13-11-20)37-17(3)4)25(28(33)36-8-2)18(5)30-29(31)38-24/h9-17,26H,7-8H2,1-6H3/b24-16-/t26-/m1/s1. The molecule has 2 heterocycles. The van der Waals surface area contributed by atoms with Crippen LogP contribution in [0.3, 0.4) is 0 Å². The molecule has 2 aromatic carbocycles. The van der Waals surface area contributed by atoms with Crippen molar-refractivity contribution in [3.8, 4) is 17.2 Å². The first-order valence-corrected chi connectivity index (χ1v) is 13.4. The van der Waals surface area contributed by atoms with Crippen LogP contribution in [0.15, 0.2) is 63.5 Å². The number of hydrogen-bond donors (Lipinski definition) is 0. The molecular formula is C29H32N2O6S. The lowest BCUT2D eigenvalue weighted by atomic mass is 9.96. The van der Waals surface area contributed by atoms with Crippen molar-refractivity contribution in [1.29, 1.82) is 0 Å². The summed E-state index contributed by atoms with van der Waals surface area (Å²) < 4.78 is 24.3. The highest BCUT2D eigenvalue weighted by molar-refractivity contribution is 7.07. The van der Waals surface area contributed by atoms with Gasteiger partial charge in [-0.05, 0) is 76.1 Å². The molecule has 0 radical (unpaired) electrons. The Labute approximate surface area is 225 Å². The van der Waals surface area contributed by atoms with Gasteiger partial charge in [-0.2, -0.15) is 0 Å². The maximum absolute atomic E-state index is 13.8. The average molecular weight is 537 g/mol. The number of carbonyl (C=O) groups is 1. The number of benzene rings is 2. The number of fused-ring (bicyclic) bond motifs is 1. The van der Waals surface area contributed by atoms with E-state index in [0.717, 1.165) is 11.1 Å².